The molecule has 1 saturated heterocycles. The number of hydrogen-bond acceptors (Lipinski definition) is 3. The van der Waals surface area contributed by atoms with Crippen molar-refractivity contribution in [1.29, 1.82) is 0 Å². The van der Waals surface area contributed by atoms with Gasteiger partial charge >= 0.3 is 0 Å². The summed E-state index contributed by atoms with van der Waals surface area (Å²) in [6.45, 7) is 5.71. The second-order valence-electron chi connectivity index (χ2n) is 5.97. The Morgan fingerprint density at radius 1 is 0.952 bits per heavy atom. The third-order valence-electron chi connectivity index (χ3n) is 4.08. The fourth-order valence-electron chi connectivity index (χ4n) is 2.47. The minimum atomic E-state index is -0.119. The highest BCUT2D eigenvalue weighted by Crippen LogP contribution is 2.33. The topological polar surface area (TPSA) is 38.7 Å². The normalized spacial score (nSPS) is 15.5. The van der Waals surface area contributed by atoms with Crippen molar-refractivity contribution in [3.05, 3.63) is 59.7 Å². The van der Waals surface area contributed by atoms with Gasteiger partial charge < -0.3 is 14.6 Å². The lowest BCUT2D eigenvalue weighted by molar-refractivity contribution is -0.0796. The Bertz CT molecular complexity index is 595. The van der Waals surface area contributed by atoms with E-state index in [2.05, 4.69) is 26.0 Å². The van der Waals surface area contributed by atoms with Crippen LogP contribution in [-0.4, -0.2) is 24.4 Å². The standard InChI is InChI=1S/C18H20O3/c1-18(2,13-3-7-15(19)8-4-13)14-5-9-16(10-6-14)21-17-11-20-12-17/h3-10,17,19H,11-12H2,1-2H3. The van der Waals surface area contributed by atoms with E-state index in [9.17, 15) is 5.11 Å². The Hall–Kier alpha value is -2.00. The molecule has 1 heterocycles. The average Bonchev–Trinajstić information content (AvgIpc) is 2.44. The Balaban J connectivity index is 1.79. The van der Waals surface area contributed by atoms with Gasteiger partial charge in [0.15, 0.2) is 0 Å². The molecule has 0 aromatic heterocycles. The third-order valence-corrected chi connectivity index (χ3v) is 4.08. The van der Waals surface area contributed by atoms with Crippen LogP contribution in [0.15, 0.2) is 48.5 Å². The SMILES string of the molecule is CC(C)(c1ccc(O)cc1)c1ccc(OC2COC2)cc1. The van der Waals surface area contributed by atoms with Crippen LogP contribution in [-0.2, 0) is 10.2 Å². The van der Waals surface area contributed by atoms with E-state index < -0.39 is 0 Å². The number of ether oxygens (including phenoxy) is 2. The van der Waals surface area contributed by atoms with Crippen molar-refractivity contribution >= 4 is 0 Å². The fourth-order valence-corrected chi connectivity index (χ4v) is 2.47. The highest BCUT2D eigenvalue weighted by atomic mass is 16.6. The Morgan fingerprint density at radius 3 is 1.95 bits per heavy atom. The van der Waals surface area contributed by atoms with Gasteiger partial charge in [-0.1, -0.05) is 38.1 Å². The van der Waals surface area contributed by atoms with E-state index >= 15 is 0 Å². The molecule has 0 aliphatic carbocycles. The van der Waals surface area contributed by atoms with Crippen LogP contribution in [0.5, 0.6) is 11.5 Å². The largest absolute Gasteiger partial charge is 0.508 e. The second kappa shape index (κ2) is 5.41. The van der Waals surface area contributed by atoms with Crippen molar-refractivity contribution in [2.45, 2.75) is 25.4 Å². The molecule has 0 amide bonds. The molecule has 0 atom stereocenters. The van der Waals surface area contributed by atoms with Gasteiger partial charge in [-0.05, 0) is 35.4 Å². The van der Waals surface area contributed by atoms with Crippen molar-refractivity contribution in [3.63, 3.8) is 0 Å². The van der Waals surface area contributed by atoms with Gasteiger partial charge in [-0.15, -0.1) is 0 Å². The first kappa shape index (κ1) is 14.0. The van der Waals surface area contributed by atoms with Gasteiger partial charge in [0.05, 0.1) is 13.2 Å². The van der Waals surface area contributed by atoms with Crippen molar-refractivity contribution in [2.24, 2.45) is 0 Å². The number of hydrogen-bond donors (Lipinski definition) is 1. The number of phenolic OH excluding ortho intramolecular Hbond substituents is 1. The van der Waals surface area contributed by atoms with E-state index in [0.29, 0.717) is 19.0 Å². The summed E-state index contributed by atoms with van der Waals surface area (Å²) < 4.78 is 10.9. The van der Waals surface area contributed by atoms with Crippen LogP contribution in [0.3, 0.4) is 0 Å². The van der Waals surface area contributed by atoms with E-state index in [1.807, 2.05) is 24.3 Å². The first-order valence-corrected chi connectivity index (χ1v) is 7.20. The molecule has 2 aromatic rings. The number of aromatic hydroxyl groups is 1. The van der Waals surface area contributed by atoms with Crippen LogP contribution >= 0.6 is 0 Å². The number of rotatable bonds is 4. The summed E-state index contributed by atoms with van der Waals surface area (Å²) in [4.78, 5) is 0. The smallest absolute Gasteiger partial charge is 0.145 e. The molecule has 0 saturated carbocycles. The zero-order valence-electron chi connectivity index (χ0n) is 12.4. The predicted octanol–water partition coefficient (Wildman–Crippen LogP) is 3.50. The summed E-state index contributed by atoms with van der Waals surface area (Å²) in [5.74, 6) is 1.18. The van der Waals surface area contributed by atoms with E-state index in [4.69, 9.17) is 9.47 Å². The van der Waals surface area contributed by atoms with Gasteiger partial charge in [0.2, 0.25) is 0 Å². The van der Waals surface area contributed by atoms with E-state index in [-0.39, 0.29) is 11.5 Å². The molecule has 1 aliphatic heterocycles. The second-order valence-corrected chi connectivity index (χ2v) is 5.97. The van der Waals surface area contributed by atoms with Gasteiger partial charge in [-0.3, -0.25) is 0 Å². The molecule has 3 heteroatoms. The lowest BCUT2D eigenvalue weighted by Gasteiger charge is -2.28. The minimum Gasteiger partial charge on any atom is -0.508 e. The fraction of sp³-hybridized carbons (Fsp3) is 0.333. The molecular formula is C18H20O3. The van der Waals surface area contributed by atoms with Gasteiger partial charge in [0.1, 0.15) is 17.6 Å². The molecule has 0 bridgehead atoms. The highest BCUT2D eigenvalue weighted by Gasteiger charge is 2.24. The molecule has 1 aliphatic rings. The molecule has 21 heavy (non-hydrogen) atoms. The van der Waals surface area contributed by atoms with Gasteiger partial charge in [0, 0.05) is 5.41 Å². The summed E-state index contributed by atoms with van der Waals surface area (Å²) >= 11 is 0. The molecule has 0 radical (unpaired) electrons. The summed E-state index contributed by atoms with van der Waals surface area (Å²) in [6.07, 6.45) is 0.195. The van der Waals surface area contributed by atoms with Crippen LogP contribution in [0.25, 0.3) is 0 Å². The molecule has 0 unspecified atom stereocenters. The van der Waals surface area contributed by atoms with Gasteiger partial charge in [-0.25, -0.2) is 0 Å². The maximum atomic E-state index is 9.42. The number of benzene rings is 2. The lowest BCUT2D eigenvalue weighted by atomic mass is 9.78. The van der Waals surface area contributed by atoms with Crippen molar-refractivity contribution in [2.75, 3.05) is 13.2 Å². The Labute approximate surface area is 125 Å². The summed E-state index contributed by atoms with van der Waals surface area (Å²) in [7, 11) is 0. The maximum absolute atomic E-state index is 9.42. The summed E-state index contributed by atoms with van der Waals surface area (Å²) in [6, 6.07) is 15.6. The molecule has 3 rings (SSSR count). The molecule has 3 nitrogen and oxygen atoms in total. The van der Waals surface area contributed by atoms with Crippen LogP contribution in [0.4, 0.5) is 0 Å². The van der Waals surface area contributed by atoms with Crippen molar-refractivity contribution in [3.8, 4) is 11.5 Å². The predicted molar refractivity (Wildman–Crippen MR) is 81.9 cm³/mol. The van der Waals surface area contributed by atoms with E-state index in [0.717, 1.165) is 5.75 Å². The average molecular weight is 284 g/mol. The number of phenols is 1. The van der Waals surface area contributed by atoms with E-state index in [1.54, 1.807) is 12.1 Å². The zero-order valence-corrected chi connectivity index (χ0v) is 12.4. The summed E-state index contributed by atoms with van der Waals surface area (Å²) in [5, 5.41) is 9.42. The zero-order chi connectivity index (χ0) is 14.9. The monoisotopic (exact) mass is 284 g/mol. The molecule has 1 N–H and O–H groups in total. The Morgan fingerprint density at radius 2 is 1.48 bits per heavy atom. The molecule has 2 aromatic carbocycles. The van der Waals surface area contributed by atoms with Crippen LogP contribution in [0.1, 0.15) is 25.0 Å². The third kappa shape index (κ3) is 2.88. The molecular weight excluding hydrogens is 264 g/mol. The molecule has 1 fully saturated rings. The highest BCUT2D eigenvalue weighted by molar-refractivity contribution is 5.41. The van der Waals surface area contributed by atoms with Crippen molar-refractivity contribution < 1.29 is 14.6 Å². The minimum absolute atomic E-state index is 0.119. The van der Waals surface area contributed by atoms with Gasteiger partial charge in [-0.2, -0.15) is 0 Å². The summed E-state index contributed by atoms with van der Waals surface area (Å²) in [5.41, 5.74) is 2.26. The first-order chi connectivity index (χ1) is 10.1. The van der Waals surface area contributed by atoms with E-state index in [1.165, 1.54) is 11.1 Å². The van der Waals surface area contributed by atoms with Crippen LogP contribution in [0.2, 0.25) is 0 Å². The first-order valence-electron chi connectivity index (χ1n) is 7.20. The van der Waals surface area contributed by atoms with Crippen molar-refractivity contribution in [1.82, 2.24) is 0 Å². The lowest BCUT2D eigenvalue weighted by Crippen LogP contribution is -2.38. The molecule has 110 valence electrons. The van der Waals surface area contributed by atoms with Gasteiger partial charge in [0.25, 0.3) is 0 Å². The molecule has 0 spiro atoms. The van der Waals surface area contributed by atoms with Crippen LogP contribution in [0, 0.1) is 0 Å². The quantitative estimate of drug-likeness (QED) is 0.934. The maximum Gasteiger partial charge on any atom is 0.145 e. The van der Waals surface area contributed by atoms with Crippen LogP contribution < -0.4 is 4.74 Å². The Kier molecular flexibility index (Phi) is 3.60.